The van der Waals surface area contributed by atoms with Gasteiger partial charge in [-0.15, -0.1) is 10.2 Å². The third-order valence-electron chi connectivity index (χ3n) is 4.83. The van der Waals surface area contributed by atoms with Crippen LogP contribution in [0.5, 0.6) is 0 Å². The number of carbonyl (C=O) groups is 1. The highest BCUT2D eigenvalue weighted by Gasteiger charge is 2.19. The van der Waals surface area contributed by atoms with Crippen LogP contribution in [0.1, 0.15) is 42.2 Å². The maximum absolute atomic E-state index is 12.9. The van der Waals surface area contributed by atoms with E-state index in [1.807, 2.05) is 46.0 Å². The monoisotopic (exact) mass is 391 g/mol. The average molecular weight is 391 g/mol. The van der Waals surface area contributed by atoms with E-state index in [1.165, 1.54) is 0 Å². The molecule has 7 nitrogen and oxygen atoms in total. The molecule has 0 N–H and O–H groups in total. The molecule has 0 aliphatic carbocycles. The topological polar surface area (TPSA) is 77.1 Å². The molecule has 29 heavy (non-hydrogen) atoms. The second kappa shape index (κ2) is 8.03. The predicted octanol–water partition coefficient (Wildman–Crippen LogP) is 3.83. The van der Waals surface area contributed by atoms with Crippen LogP contribution in [0.25, 0.3) is 17.3 Å². The Bertz CT molecular complexity index is 1050. The van der Waals surface area contributed by atoms with Crippen LogP contribution >= 0.6 is 0 Å². The van der Waals surface area contributed by atoms with E-state index in [4.69, 9.17) is 9.52 Å². The zero-order valence-electron chi connectivity index (χ0n) is 17.0. The van der Waals surface area contributed by atoms with E-state index in [0.29, 0.717) is 35.5 Å². The zero-order valence-corrected chi connectivity index (χ0v) is 17.0. The summed E-state index contributed by atoms with van der Waals surface area (Å²) >= 11 is 0. The van der Waals surface area contributed by atoms with Crippen molar-refractivity contribution < 1.29 is 9.21 Å². The van der Waals surface area contributed by atoms with Gasteiger partial charge in [-0.05, 0) is 43.0 Å². The summed E-state index contributed by atoms with van der Waals surface area (Å²) in [5, 5.41) is 12.7. The first-order valence-corrected chi connectivity index (χ1v) is 9.95. The summed E-state index contributed by atoms with van der Waals surface area (Å²) < 4.78 is 7.43. The van der Waals surface area contributed by atoms with Gasteiger partial charge in [0.25, 0.3) is 11.8 Å². The minimum atomic E-state index is 0.0431. The third kappa shape index (κ3) is 4.13. The lowest BCUT2D eigenvalue weighted by Gasteiger charge is -2.23. The van der Waals surface area contributed by atoms with Crippen LogP contribution in [0, 0.1) is 12.8 Å². The fourth-order valence-corrected chi connectivity index (χ4v) is 3.49. The lowest BCUT2D eigenvalue weighted by atomic mass is 10.1. The van der Waals surface area contributed by atoms with Gasteiger partial charge in [-0.3, -0.25) is 4.79 Å². The number of rotatable bonds is 5. The average Bonchev–Trinajstić information content (AvgIpc) is 3.34. The Morgan fingerprint density at radius 2 is 2.07 bits per heavy atom. The van der Waals surface area contributed by atoms with E-state index in [1.54, 1.807) is 6.92 Å². The first-order valence-electron chi connectivity index (χ1n) is 9.95. The van der Waals surface area contributed by atoms with Gasteiger partial charge in [0, 0.05) is 31.3 Å². The van der Waals surface area contributed by atoms with Gasteiger partial charge in [-0.1, -0.05) is 32.1 Å². The molecule has 2 aromatic heterocycles. The van der Waals surface area contributed by atoms with Crippen molar-refractivity contribution in [2.24, 2.45) is 5.92 Å². The highest BCUT2D eigenvalue weighted by molar-refractivity contribution is 5.95. The van der Waals surface area contributed by atoms with Gasteiger partial charge in [0.05, 0.1) is 5.69 Å². The minimum Gasteiger partial charge on any atom is -0.420 e. The fourth-order valence-electron chi connectivity index (χ4n) is 3.49. The second-order valence-corrected chi connectivity index (χ2v) is 7.72. The van der Waals surface area contributed by atoms with Crippen LogP contribution in [0.2, 0.25) is 0 Å². The predicted molar refractivity (Wildman–Crippen MR) is 110 cm³/mol. The molecule has 0 unspecified atom stereocenters. The number of benzene rings is 1. The molecular formula is C22H25N5O2. The Hall–Kier alpha value is -3.22. The second-order valence-electron chi connectivity index (χ2n) is 7.72. The van der Waals surface area contributed by atoms with Gasteiger partial charge in [-0.25, -0.2) is 4.68 Å². The van der Waals surface area contributed by atoms with Gasteiger partial charge in [0.15, 0.2) is 0 Å². The summed E-state index contributed by atoms with van der Waals surface area (Å²) in [6, 6.07) is 9.61. The fraction of sp³-hybridized carbons (Fsp3) is 0.364. The molecule has 0 bridgehead atoms. The SMILES string of the molecule is Cc1nnc(-c2cc(CC(C)C)n(-c3cccc(C(=O)N4CC=CCC4)c3)n2)o1. The number of hydrogen-bond acceptors (Lipinski definition) is 5. The molecule has 0 fully saturated rings. The molecule has 1 amide bonds. The maximum Gasteiger partial charge on any atom is 0.268 e. The first kappa shape index (κ1) is 19.1. The smallest absolute Gasteiger partial charge is 0.268 e. The normalized spacial score (nSPS) is 14.0. The number of carbonyl (C=O) groups excluding carboxylic acids is 1. The molecule has 0 saturated heterocycles. The number of amides is 1. The molecule has 1 aliphatic rings. The van der Waals surface area contributed by atoms with E-state index in [2.05, 4.69) is 30.1 Å². The molecule has 0 atom stereocenters. The van der Waals surface area contributed by atoms with Crippen LogP contribution in [0.3, 0.4) is 0 Å². The molecule has 1 aromatic carbocycles. The largest absolute Gasteiger partial charge is 0.420 e. The number of hydrogen-bond donors (Lipinski definition) is 0. The highest BCUT2D eigenvalue weighted by Crippen LogP contribution is 2.23. The highest BCUT2D eigenvalue weighted by atomic mass is 16.4. The summed E-state index contributed by atoms with van der Waals surface area (Å²) in [7, 11) is 0. The summed E-state index contributed by atoms with van der Waals surface area (Å²) in [6.45, 7) is 7.49. The van der Waals surface area contributed by atoms with Crippen molar-refractivity contribution in [1.82, 2.24) is 24.9 Å². The van der Waals surface area contributed by atoms with Gasteiger partial charge >= 0.3 is 0 Å². The van der Waals surface area contributed by atoms with Crippen molar-refractivity contribution >= 4 is 5.91 Å². The van der Waals surface area contributed by atoms with Crippen molar-refractivity contribution in [2.75, 3.05) is 13.1 Å². The summed E-state index contributed by atoms with van der Waals surface area (Å²) in [4.78, 5) is 14.8. The van der Waals surface area contributed by atoms with Crippen LogP contribution in [-0.4, -0.2) is 43.9 Å². The van der Waals surface area contributed by atoms with Crippen LogP contribution in [0.15, 0.2) is 46.9 Å². The molecule has 3 heterocycles. The summed E-state index contributed by atoms with van der Waals surface area (Å²) in [5.74, 6) is 1.40. The number of nitrogens with zero attached hydrogens (tertiary/aromatic N) is 5. The van der Waals surface area contributed by atoms with Crippen molar-refractivity contribution in [3.63, 3.8) is 0 Å². The summed E-state index contributed by atoms with van der Waals surface area (Å²) in [6.07, 6.45) is 5.90. The molecular weight excluding hydrogens is 366 g/mol. The Morgan fingerprint density at radius 1 is 1.21 bits per heavy atom. The quantitative estimate of drug-likeness (QED) is 0.618. The number of aryl methyl sites for hydroxylation is 1. The lowest BCUT2D eigenvalue weighted by molar-refractivity contribution is 0.0771. The molecule has 3 aromatic rings. The minimum absolute atomic E-state index is 0.0431. The standard InChI is InChI=1S/C22H25N5O2/c1-15(2)12-19-14-20(21-24-23-16(3)29-21)25-27(19)18-9-7-8-17(13-18)22(28)26-10-5-4-6-11-26/h4-5,7-9,13-15H,6,10-12H2,1-3H3. The van der Waals surface area contributed by atoms with Crippen molar-refractivity contribution in [3.8, 4) is 17.3 Å². The van der Waals surface area contributed by atoms with Gasteiger partial charge in [0.1, 0.15) is 5.69 Å². The molecule has 150 valence electrons. The molecule has 0 spiro atoms. The molecule has 0 radical (unpaired) electrons. The van der Waals surface area contributed by atoms with Crippen LogP contribution in [-0.2, 0) is 6.42 Å². The maximum atomic E-state index is 12.9. The lowest BCUT2D eigenvalue weighted by Crippen LogP contribution is -2.33. The molecule has 1 aliphatic heterocycles. The Balaban J connectivity index is 1.70. The van der Waals surface area contributed by atoms with Crippen molar-refractivity contribution in [1.29, 1.82) is 0 Å². The molecule has 7 heteroatoms. The Kier molecular flexibility index (Phi) is 5.29. The van der Waals surface area contributed by atoms with E-state index in [-0.39, 0.29) is 5.91 Å². The zero-order chi connectivity index (χ0) is 20.4. The van der Waals surface area contributed by atoms with Crippen LogP contribution < -0.4 is 0 Å². The van der Waals surface area contributed by atoms with Gasteiger partial charge < -0.3 is 9.32 Å². The Labute approximate surface area is 170 Å². The number of aromatic nitrogens is 4. The summed E-state index contributed by atoms with van der Waals surface area (Å²) in [5.41, 5.74) is 3.19. The van der Waals surface area contributed by atoms with Gasteiger partial charge in [-0.2, -0.15) is 5.10 Å². The van der Waals surface area contributed by atoms with E-state index < -0.39 is 0 Å². The van der Waals surface area contributed by atoms with E-state index in [9.17, 15) is 4.79 Å². The van der Waals surface area contributed by atoms with Crippen LogP contribution in [0.4, 0.5) is 0 Å². The van der Waals surface area contributed by atoms with Crippen molar-refractivity contribution in [2.45, 2.75) is 33.6 Å². The Morgan fingerprint density at radius 3 is 2.76 bits per heavy atom. The van der Waals surface area contributed by atoms with Crippen molar-refractivity contribution in [3.05, 3.63) is 59.6 Å². The van der Waals surface area contributed by atoms with Gasteiger partial charge in [0.2, 0.25) is 5.89 Å². The van der Waals surface area contributed by atoms with E-state index >= 15 is 0 Å². The third-order valence-corrected chi connectivity index (χ3v) is 4.83. The first-order chi connectivity index (χ1) is 14.0. The molecule has 4 rings (SSSR count). The van der Waals surface area contributed by atoms with E-state index in [0.717, 1.165) is 30.8 Å². The molecule has 0 saturated carbocycles.